The maximum atomic E-state index is 2.69. The van der Waals surface area contributed by atoms with Gasteiger partial charge in [0.05, 0.1) is 0 Å². The summed E-state index contributed by atoms with van der Waals surface area (Å²) >= 11 is 0. The van der Waals surface area contributed by atoms with Gasteiger partial charge in [0, 0.05) is 24.2 Å². The fourth-order valence-electron chi connectivity index (χ4n) is 4.42. The summed E-state index contributed by atoms with van der Waals surface area (Å²) in [5.41, 5.74) is 5.94. The summed E-state index contributed by atoms with van der Waals surface area (Å²) in [6.45, 7) is 3.28. The number of hydrogen-bond donors (Lipinski definition) is 0. The smallest absolute Gasteiger partial charge is 0.0432 e. The van der Waals surface area contributed by atoms with Crippen molar-refractivity contribution in [1.82, 2.24) is 0 Å². The van der Waals surface area contributed by atoms with E-state index in [0.29, 0.717) is 6.04 Å². The number of fused-ring (bicyclic) bond motifs is 3. The molecule has 0 unspecified atom stereocenters. The minimum atomic E-state index is 0.708. The second-order valence-corrected chi connectivity index (χ2v) is 6.99. The highest BCUT2D eigenvalue weighted by molar-refractivity contribution is 5.63. The number of anilines is 1. The van der Waals surface area contributed by atoms with E-state index in [9.17, 15) is 0 Å². The molecule has 1 heterocycles. The lowest BCUT2D eigenvalue weighted by Crippen LogP contribution is -2.33. The van der Waals surface area contributed by atoms with Crippen LogP contribution < -0.4 is 4.90 Å². The summed E-state index contributed by atoms with van der Waals surface area (Å²) in [7, 11) is 0. The zero-order chi connectivity index (χ0) is 14.9. The Kier molecular flexibility index (Phi) is 3.65. The predicted octanol–water partition coefficient (Wildman–Crippen LogP) is 5.43. The highest BCUT2D eigenvalue weighted by atomic mass is 15.2. The fraction of sp³-hybridized carbons (Fsp3) is 0.429. The van der Waals surface area contributed by atoms with Crippen molar-refractivity contribution in [1.29, 1.82) is 0 Å². The van der Waals surface area contributed by atoms with Crippen LogP contribution >= 0.6 is 0 Å². The Morgan fingerprint density at radius 1 is 0.955 bits per heavy atom. The van der Waals surface area contributed by atoms with Crippen LogP contribution in [-0.4, -0.2) is 6.04 Å². The van der Waals surface area contributed by atoms with Crippen LogP contribution in [0.1, 0.15) is 54.7 Å². The Labute approximate surface area is 134 Å². The molecular formula is C21H25N. The first-order valence-corrected chi connectivity index (χ1v) is 8.74. The molecule has 2 aliphatic rings. The first kappa shape index (κ1) is 13.9. The van der Waals surface area contributed by atoms with Crippen molar-refractivity contribution in [2.45, 2.75) is 57.5 Å². The molecule has 1 heteroatoms. The predicted molar refractivity (Wildman–Crippen MR) is 93.4 cm³/mol. The zero-order valence-electron chi connectivity index (χ0n) is 13.5. The Bertz CT molecular complexity index is 646. The highest BCUT2D eigenvalue weighted by Crippen LogP contribution is 2.47. The third-order valence-corrected chi connectivity index (χ3v) is 5.47. The van der Waals surface area contributed by atoms with Crippen molar-refractivity contribution in [3.8, 4) is 0 Å². The van der Waals surface area contributed by atoms with Crippen LogP contribution in [0.15, 0.2) is 48.5 Å². The van der Waals surface area contributed by atoms with Crippen LogP contribution in [-0.2, 0) is 6.54 Å². The first-order chi connectivity index (χ1) is 10.8. The maximum Gasteiger partial charge on any atom is 0.0432 e. The summed E-state index contributed by atoms with van der Waals surface area (Å²) < 4.78 is 0. The molecule has 4 rings (SSSR count). The number of aryl methyl sites for hydroxylation is 1. The molecule has 22 heavy (non-hydrogen) atoms. The van der Waals surface area contributed by atoms with Crippen molar-refractivity contribution in [3.63, 3.8) is 0 Å². The van der Waals surface area contributed by atoms with E-state index in [1.54, 1.807) is 5.56 Å². The summed E-state index contributed by atoms with van der Waals surface area (Å²) in [4.78, 5) is 2.69. The molecule has 2 atom stereocenters. The van der Waals surface area contributed by atoms with Gasteiger partial charge in [0.15, 0.2) is 0 Å². The van der Waals surface area contributed by atoms with E-state index < -0.39 is 0 Å². The SMILES string of the molecule is Cc1ccc2c(c1)[C@@H]1CCCCC[C@@H]1N2Cc1ccccc1. The lowest BCUT2D eigenvalue weighted by molar-refractivity contribution is 0.496. The van der Waals surface area contributed by atoms with Crippen molar-refractivity contribution in [2.75, 3.05) is 4.90 Å². The van der Waals surface area contributed by atoms with Gasteiger partial charge in [0.2, 0.25) is 0 Å². The van der Waals surface area contributed by atoms with Crippen molar-refractivity contribution >= 4 is 5.69 Å². The second kappa shape index (κ2) is 5.79. The van der Waals surface area contributed by atoms with Crippen LogP contribution in [0.2, 0.25) is 0 Å². The number of hydrogen-bond acceptors (Lipinski definition) is 1. The Hall–Kier alpha value is -1.76. The zero-order valence-corrected chi connectivity index (χ0v) is 13.5. The van der Waals surface area contributed by atoms with E-state index in [1.165, 1.54) is 48.9 Å². The van der Waals surface area contributed by atoms with Gasteiger partial charge < -0.3 is 4.90 Å². The summed E-state index contributed by atoms with van der Waals surface area (Å²) in [5, 5.41) is 0. The molecule has 1 saturated carbocycles. The standard InChI is InChI=1S/C21H25N/c1-16-12-13-21-19(14-16)18-10-6-3-7-11-20(18)22(21)15-17-8-4-2-5-9-17/h2,4-5,8-9,12-14,18,20H,3,6-7,10-11,15H2,1H3/t18-,20-/m0/s1. The maximum absolute atomic E-state index is 2.69. The molecule has 2 aromatic carbocycles. The summed E-state index contributed by atoms with van der Waals surface area (Å²) in [6, 6.07) is 18.8. The third-order valence-electron chi connectivity index (χ3n) is 5.47. The molecule has 1 aliphatic heterocycles. The van der Waals surface area contributed by atoms with Gasteiger partial charge in [-0.2, -0.15) is 0 Å². The van der Waals surface area contributed by atoms with Gasteiger partial charge in [-0.05, 0) is 37.0 Å². The van der Waals surface area contributed by atoms with E-state index in [-0.39, 0.29) is 0 Å². The molecule has 1 fully saturated rings. The van der Waals surface area contributed by atoms with Crippen molar-refractivity contribution < 1.29 is 0 Å². The molecule has 0 amide bonds. The molecule has 0 bridgehead atoms. The van der Waals surface area contributed by atoms with Gasteiger partial charge in [-0.3, -0.25) is 0 Å². The van der Waals surface area contributed by atoms with Gasteiger partial charge in [-0.25, -0.2) is 0 Å². The Morgan fingerprint density at radius 3 is 2.64 bits per heavy atom. The van der Waals surface area contributed by atoms with Crippen LogP contribution in [0.3, 0.4) is 0 Å². The van der Waals surface area contributed by atoms with Crippen molar-refractivity contribution in [2.24, 2.45) is 0 Å². The first-order valence-electron chi connectivity index (χ1n) is 8.74. The minimum absolute atomic E-state index is 0.708. The van der Waals surface area contributed by atoms with E-state index in [2.05, 4.69) is 60.4 Å². The third kappa shape index (κ3) is 2.43. The number of nitrogens with zero attached hydrogens (tertiary/aromatic N) is 1. The molecule has 0 N–H and O–H groups in total. The van der Waals surface area contributed by atoms with E-state index in [0.717, 1.165) is 12.5 Å². The lowest BCUT2D eigenvalue weighted by atomic mass is 9.90. The minimum Gasteiger partial charge on any atom is -0.363 e. The quantitative estimate of drug-likeness (QED) is 0.713. The van der Waals surface area contributed by atoms with Crippen LogP contribution in [0.4, 0.5) is 5.69 Å². The van der Waals surface area contributed by atoms with Crippen LogP contribution in [0.5, 0.6) is 0 Å². The van der Waals surface area contributed by atoms with Gasteiger partial charge >= 0.3 is 0 Å². The number of rotatable bonds is 2. The molecular weight excluding hydrogens is 266 g/mol. The average molecular weight is 291 g/mol. The summed E-state index contributed by atoms with van der Waals surface area (Å²) in [5.74, 6) is 0.751. The molecule has 1 nitrogen and oxygen atoms in total. The molecule has 114 valence electrons. The van der Waals surface area contributed by atoms with Gasteiger partial charge in [0.25, 0.3) is 0 Å². The van der Waals surface area contributed by atoms with E-state index >= 15 is 0 Å². The van der Waals surface area contributed by atoms with Crippen LogP contribution in [0.25, 0.3) is 0 Å². The molecule has 1 aliphatic carbocycles. The van der Waals surface area contributed by atoms with E-state index in [4.69, 9.17) is 0 Å². The van der Waals surface area contributed by atoms with Crippen molar-refractivity contribution in [3.05, 3.63) is 65.2 Å². The molecule has 0 aromatic heterocycles. The van der Waals surface area contributed by atoms with Gasteiger partial charge in [-0.15, -0.1) is 0 Å². The largest absolute Gasteiger partial charge is 0.363 e. The molecule has 0 spiro atoms. The lowest BCUT2D eigenvalue weighted by Gasteiger charge is -2.29. The molecule has 2 aromatic rings. The second-order valence-electron chi connectivity index (χ2n) is 6.99. The molecule has 0 saturated heterocycles. The normalized spacial score (nSPS) is 23.8. The Balaban J connectivity index is 1.72. The average Bonchev–Trinajstić information content (AvgIpc) is 2.70. The Morgan fingerprint density at radius 2 is 1.77 bits per heavy atom. The fourth-order valence-corrected chi connectivity index (χ4v) is 4.42. The van der Waals surface area contributed by atoms with Gasteiger partial charge in [-0.1, -0.05) is 67.3 Å². The van der Waals surface area contributed by atoms with Crippen LogP contribution in [0, 0.1) is 6.92 Å². The van der Waals surface area contributed by atoms with Gasteiger partial charge in [0.1, 0.15) is 0 Å². The molecule has 0 radical (unpaired) electrons. The monoisotopic (exact) mass is 291 g/mol. The highest BCUT2D eigenvalue weighted by Gasteiger charge is 2.38. The van der Waals surface area contributed by atoms with E-state index in [1.807, 2.05) is 0 Å². The summed E-state index contributed by atoms with van der Waals surface area (Å²) in [6.07, 6.45) is 6.91. The number of benzene rings is 2. The topological polar surface area (TPSA) is 3.24 Å².